The van der Waals surface area contributed by atoms with Crippen LogP contribution in [-0.4, -0.2) is 65.3 Å². The number of carbonyl (C=O) groups is 4. The van der Waals surface area contributed by atoms with Crippen LogP contribution < -0.4 is 0 Å². The van der Waals surface area contributed by atoms with Gasteiger partial charge in [0.15, 0.2) is 7.83 Å². The molecule has 0 amide bonds. The van der Waals surface area contributed by atoms with Crippen LogP contribution in [-0.2, 0) is 23.6 Å². The van der Waals surface area contributed by atoms with Crippen LogP contribution in [0.1, 0.15) is 32.1 Å². The third-order valence-corrected chi connectivity index (χ3v) is 24.9. The highest BCUT2D eigenvalue weighted by Crippen LogP contribution is 2.52. The van der Waals surface area contributed by atoms with Gasteiger partial charge in [-0.2, -0.15) is 0 Å². The lowest BCUT2D eigenvalue weighted by Gasteiger charge is -2.55. The Morgan fingerprint density at radius 3 is 1.53 bits per heavy atom. The topological polar surface area (TPSA) is 158 Å². The molecule has 1 aliphatic heterocycles. The van der Waals surface area contributed by atoms with Gasteiger partial charge in [0.1, 0.15) is 0 Å². The lowest BCUT2D eigenvalue weighted by molar-refractivity contribution is -0.152. The van der Waals surface area contributed by atoms with Crippen LogP contribution in [0.25, 0.3) is 0 Å². The summed E-state index contributed by atoms with van der Waals surface area (Å²) < 4.78 is 6.99. The van der Waals surface area contributed by atoms with Crippen molar-refractivity contribution in [3.05, 3.63) is 23.3 Å². The highest BCUT2D eigenvalue weighted by atomic mass is 29.3. The maximum Gasteiger partial charge on any atom is 0.311 e. The van der Waals surface area contributed by atoms with Gasteiger partial charge in [0.25, 0.3) is 0 Å². The molecule has 0 aromatic heterocycles. The van der Waals surface area contributed by atoms with E-state index in [-0.39, 0.29) is 12.8 Å². The molecule has 2 aliphatic carbocycles. The Labute approximate surface area is 200 Å². The molecule has 0 radical (unpaired) electrons. The Morgan fingerprint density at radius 1 is 0.794 bits per heavy atom. The maximum atomic E-state index is 12.0. The molecule has 0 aromatic rings. The molecule has 3 rings (SSSR count). The van der Waals surface area contributed by atoms with Gasteiger partial charge in [0.2, 0.25) is 0 Å². The van der Waals surface area contributed by atoms with Crippen LogP contribution in [0.15, 0.2) is 23.3 Å². The third kappa shape index (κ3) is 4.52. The zero-order valence-electron chi connectivity index (χ0n) is 20.0. The standard InChI is InChI=1S/C23H34O9Si2/c1-33(2)10-9-23(32-34(33,3)4,13-5-7-15(19(24)25)17(11-13)21(28)29)14-6-8-16(20(26)27)18(12-14)22(30)31/h11-12,15-18H,5-10H2,1-4H3,(H,24,25)(H,26,27)(H,28,29)(H,30,31). The van der Waals surface area contributed by atoms with Gasteiger partial charge in [0.05, 0.1) is 36.9 Å². The second-order valence-corrected chi connectivity index (χ2v) is 26.1. The third-order valence-electron chi connectivity index (χ3n) is 8.48. The van der Waals surface area contributed by atoms with E-state index in [0.717, 1.165) is 6.04 Å². The first-order valence-corrected chi connectivity index (χ1v) is 18.8. The predicted molar refractivity (Wildman–Crippen MR) is 127 cm³/mol. The summed E-state index contributed by atoms with van der Waals surface area (Å²) in [6.45, 7) is 8.83. The highest BCUT2D eigenvalue weighted by Gasteiger charge is 2.57. The van der Waals surface area contributed by atoms with Crippen LogP contribution in [0, 0.1) is 23.7 Å². The van der Waals surface area contributed by atoms with Gasteiger partial charge in [-0.25, -0.2) is 0 Å². The monoisotopic (exact) mass is 510 g/mol. The molecule has 11 heteroatoms. The molecule has 0 aromatic carbocycles. The summed E-state index contributed by atoms with van der Waals surface area (Å²) in [6.07, 6.45) is 4.59. The number of rotatable bonds is 6. The van der Waals surface area contributed by atoms with Crippen molar-refractivity contribution in [3.8, 4) is 0 Å². The van der Waals surface area contributed by atoms with Crippen molar-refractivity contribution in [1.29, 1.82) is 0 Å². The van der Waals surface area contributed by atoms with Crippen molar-refractivity contribution in [2.24, 2.45) is 23.7 Å². The molecule has 1 fully saturated rings. The molecule has 0 bridgehead atoms. The van der Waals surface area contributed by atoms with Gasteiger partial charge in [-0.1, -0.05) is 31.3 Å². The van der Waals surface area contributed by atoms with E-state index in [0.29, 0.717) is 30.4 Å². The zero-order chi connectivity index (χ0) is 25.6. The van der Waals surface area contributed by atoms with Gasteiger partial charge < -0.3 is 24.9 Å². The summed E-state index contributed by atoms with van der Waals surface area (Å²) in [5, 5.41) is 38.7. The number of hydrogen-bond donors (Lipinski definition) is 4. The fraction of sp³-hybridized carbons (Fsp3) is 0.652. The summed E-state index contributed by atoms with van der Waals surface area (Å²) >= 11 is 0. The number of aliphatic carboxylic acids is 4. The number of carboxylic acid groups (broad SMARTS) is 4. The summed E-state index contributed by atoms with van der Waals surface area (Å²) in [5.74, 6) is -9.23. The molecule has 34 heavy (non-hydrogen) atoms. The van der Waals surface area contributed by atoms with Crippen LogP contribution in [0.5, 0.6) is 0 Å². The molecule has 4 N–H and O–H groups in total. The van der Waals surface area contributed by atoms with Crippen molar-refractivity contribution >= 4 is 39.3 Å². The largest absolute Gasteiger partial charge is 0.481 e. The fourth-order valence-corrected chi connectivity index (χ4v) is 12.2. The molecular weight excluding hydrogens is 476 g/mol. The van der Waals surface area contributed by atoms with Crippen molar-refractivity contribution in [3.63, 3.8) is 0 Å². The van der Waals surface area contributed by atoms with Gasteiger partial charge in [0, 0.05) is 0 Å². The van der Waals surface area contributed by atoms with E-state index in [1.54, 1.807) is 0 Å². The van der Waals surface area contributed by atoms with Gasteiger partial charge in [-0.3, -0.25) is 19.2 Å². The Hall–Kier alpha value is -2.25. The second kappa shape index (κ2) is 9.08. The SMILES string of the molecule is C[Si]1(C)CCC(C2=CC(C(=O)O)C(C(=O)O)CC2)(C2=CC(C(=O)O)C(C(=O)O)CC2)O[Si]1(C)C. The highest BCUT2D eigenvalue weighted by molar-refractivity contribution is 7.38. The number of carboxylic acids is 4. The normalized spacial score (nSPS) is 34.9. The van der Waals surface area contributed by atoms with Crippen LogP contribution in [0.4, 0.5) is 0 Å². The molecule has 9 nitrogen and oxygen atoms in total. The number of hydrogen-bond acceptors (Lipinski definition) is 5. The molecule has 0 saturated carbocycles. The Kier molecular flexibility index (Phi) is 7.04. The zero-order valence-corrected chi connectivity index (χ0v) is 22.0. The summed E-state index contributed by atoms with van der Waals surface area (Å²) in [5.41, 5.74) is 0.394. The minimum Gasteiger partial charge on any atom is -0.481 e. The summed E-state index contributed by atoms with van der Waals surface area (Å²) in [6, 6.07) is 0.904. The summed E-state index contributed by atoms with van der Waals surface area (Å²) in [7, 11) is -4.00. The fourth-order valence-electron chi connectivity index (χ4n) is 5.60. The molecule has 3 aliphatic rings. The molecule has 1 saturated heterocycles. The molecule has 1 heterocycles. The average Bonchev–Trinajstić information content (AvgIpc) is 2.74. The molecule has 188 valence electrons. The van der Waals surface area contributed by atoms with E-state index in [9.17, 15) is 39.6 Å². The van der Waals surface area contributed by atoms with Crippen LogP contribution >= 0.6 is 0 Å². The van der Waals surface area contributed by atoms with E-state index in [1.165, 1.54) is 12.2 Å². The van der Waals surface area contributed by atoms with E-state index in [2.05, 4.69) is 26.2 Å². The van der Waals surface area contributed by atoms with Crippen LogP contribution in [0.3, 0.4) is 0 Å². The lowest BCUT2D eigenvalue weighted by atomic mass is 9.68. The second-order valence-electron chi connectivity index (χ2n) is 10.9. The van der Waals surface area contributed by atoms with E-state index in [4.69, 9.17) is 4.43 Å². The van der Waals surface area contributed by atoms with E-state index in [1.807, 2.05) is 0 Å². The predicted octanol–water partition coefficient (Wildman–Crippen LogP) is 3.38. The van der Waals surface area contributed by atoms with Crippen molar-refractivity contribution in [2.75, 3.05) is 0 Å². The smallest absolute Gasteiger partial charge is 0.311 e. The Bertz CT molecular complexity index is 907. The molecule has 0 spiro atoms. The van der Waals surface area contributed by atoms with E-state index >= 15 is 0 Å². The first-order chi connectivity index (χ1) is 15.6. The van der Waals surface area contributed by atoms with Gasteiger partial charge >= 0.3 is 23.9 Å². The minimum absolute atomic E-state index is 0.152. The van der Waals surface area contributed by atoms with Gasteiger partial charge in [-0.05, 0) is 56.3 Å². The maximum absolute atomic E-state index is 12.0. The first-order valence-electron chi connectivity index (χ1n) is 11.7. The Morgan fingerprint density at radius 2 is 1.21 bits per heavy atom. The lowest BCUT2D eigenvalue weighted by Crippen LogP contribution is -2.66. The molecule has 4 unspecified atom stereocenters. The van der Waals surface area contributed by atoms with Crippen molar-refractivity contribution in [1.82, 2.24) is 0 Å². The van der Waals surface area contributed by atoms with Crippen LogP contribution in [0.2, 0.25) is 32.2 Å². The first kappa shape index (κ1) is 26.4. The summed E-state index contributed by atoms with van der Waals surface area (Å²) in [4.78, 5) is 47.3. The van der Waals surface area contributed by atoms with E-state index < -0.39 is 68.6 Å². The minimum atomic E-state index is -2.27. The van der Waals surface area contributed by atoms with Gasteiger partial charge in [-0.15, -0.1) is 0 Å². The quantitative estimate of drug-likeness (QED) is 0.310. The van der Waals surface area contributed by atoms with Crippen molar-refractivity contribution in [2.45, 2.75) is 69.9 Å². The average molecular weight is 511 g/mol. The molecule has 4 atom stereocenters. The van der Waals surface area contributed by atoms with Crippen molar-refractivity contribution < 1.29 is 44.0 Å². The molecular formula is C23H34O9Si2. The Balaban J connectivity index is 2.18.